The third-order valence-corrected chi connectivity index (χ3v) is 4.74. The summed E-state index contributed by atoms with van der Waals surface area (Å²) in [6.07, 6.45) is -3.71. The molecule has 0 aliphatic carbocycles. The molecule has 2 heterocycles. The highest BCUT2D eigenvalue weighted by Gasteiger charge is 2.31. The molecule has 30 heavy (non-hydrogen) atoms. The molecule has 3 aromatic rings. The van der Waals surface area contributed by atoms with Gasteiger partial charge in [0.05, 0.1) is 30.5 Å². The van der Waals surface area contributed by atoms with E-state index in [0.717, 1.165) is 12.3 Å². The number of amides is 1. The van der Waals surface area contributed by atoms with Gasteiger partial charge < -0.3 is 10.1 Å². The standard InChI is InChI=1S/C20H18ClF3N4O2/c1-11-15(9-19(29)26-16-8-14(21)5-6-17(16)30-3)12(2)28(27-11)18-7-4-13(10-25-18)20(22,23)24/h4-8,10H,9H2,1-3H3,(H,26,29). The van der Waals surface area contributed by atoms with Crippen molar-refractivity contribution >= 4 is 23.2 Å². The predicted molar refractivity (Wildman–Crippen MR) is 106 cm³/mol. The Morgan fingerprint density at radius 2 is 1.97 bits per heavy atom. The maximum absolute atomic E-state index is 12.7. The zero-order valence-electron chi connectivity index (χ0n) is 16.3. The molecule has 2 aromatic heterocycles. The van der Waals surface area contributed by atoms with Gasteiger partial charge in [0.1, 0.15) is 5.75 Å². The number of nitrogens with zero attached hydrogens (tertiary/aromatic N) is 3. The molecule has 1 N–H and O–H groups in total. The molecular formula is C20H18ClF3N4O2. The second kappa shape index (κ2) is 8.35. The number of ether oxygens (including phenoxy) is 1. The van der Waals surface area contributed by atoms with E-state index in [-0.39, 0.29) is 18.1 Å². The van der Waals surface area contributed by atoms with Crippen molar-refractivity contribution in [2.24, 2.45) is 0 Å². The molecule has 1 aromatic carbocycles. The first-order valence-corrected chi connectivity index (χ1v) is 9.20. The lowest BCUT2D eigenvalue weighted by atomic mass is 10.1. The molecule has 1 amide bonds. The molecule has 0 aliphatic heterocycles. The van der Waals surface area contributed by atoms with Crippen LogP contribution in [0.25, 0.3) is 5.82 Å². The van der Waals surface area contributed by atoms with Crippen molar-refractivity contribution in [2.45, 2.75) is 26.4 Å². The van der Waals surface area contributed by atoms with Gasteiger partial charge in [0.2, 0.25) is 5.91 Å². The Hall–Kier alpha value is -3.07. The molecule has 10 heteroatoms. The van der Waals surface area contributed by atoms with E-state index in [1.165, 1.54) is 17.9 Å². The van der Waals surface area contributed by atoms with Gasteiger partial charge in [-0.1, -0.05) is 11.6 Å². The van der Waals surface area contributed by atoms with Crippen LogP contribution >= 0.6 is 11.6 Å². The number of carbonyl (C=O) groups is 1. The number of benzene rings is 1. The molecule has 6 nitrogen and oxygen atoms in total. The fourth-order valence-electron chi connectivity index (χ4n) is 2.97. The zero-order chi connectivity index (χ0) is 22.1. The molecule has 0 atom stereocenters. The van der Waals surface area contributed by atoms with Gasteiger partial charge >= 0.3 is 6.18 Å². The van der Waals surface area contributed by atoms with Crippen molar-refractivity contribution in [3.8, 4) is 11.6 Å². The van der Waals surface area contributed by atoms with Crippen LogP contribution in [0.2, 0.25) is 5.02 Å². The van der Waals surface area contributed by atoms with Crippen molar-refractivity contribution in [1.29, 1.82) is 0 Å². The van der Waals surface area contributed by atoms with Crippen LogP contribution in [0, 0.1) is 13.8 Å². The maximum Gasteiger partial charge on any atom is 0.417 e. The number of pyridine rings is 1. The number of aryl methyl sites for hydroxylation is 1. The average molecular weight is 439 g/mol. The minimum absolute atomic E-state index is 0.00791. The Balaban J connectivity index is 1.82. The quantitative estimate of drug-likeness (QED) is 0.624. The largest absolute Gasteiger partial charge is 0.495 e. The molecule has 3 rings (SSSR count). The Morgan fingerprint density at radius 3 is 2.57 bits per heavy atom. The van der Waals surface area contributed by atoms with Crippen LogP contribution < -0.4 is 10.1 Å². The van der Waals surface area contributed by atoms with E-state index in [4.69, 9.17) is 16.3 Å². The molecule has 0 fully saturated rings. The van der Waals surface area contributed by atoms with E-state index >= 15 is 0 Å². The van der Waals surface area contributed by atoms with Gasteiger partial charge in [-0.2, -0.15) is 18.3 Å². The predicted octanol–water partition coefficient (Wildman–Crippen LogP) is 4.75. The van der Waals surface area contributed by atoms with Crippen molar-refractivity contribution < 1.29 is 22.7 Å². The Morgan fingerprint density at radius 1 is 1.23 bits per heavy atom. The number of hydrogen-bond acceptors (Lipinski definition) is 4. The summed E-state index contributed by atoms with van der Waals surface area (Å²) in [5, 5.41) is 7.52. The van der Waals surface area contributed by atoms with E-state index in [2.05, 4.69) is 15.4 Å². The summed E-state index contributed by atoms with van der Waals surface area (Å²) in [7, 11) is 1.48. The highest BCUT2D eigenvalue weighted by atomic mass is 35.5. The van der Waals surface area contributed by atoms with E-state index in [9.17, 15) is 18.0 Å². The third-order valence-electron chi connectivity index (χ3n) is 4.51. The van der Waals surface area contributed by atoms with Crippen molar-refractivity contribution in [3.05, 3.63) is 64.1 Å². The molecule has 158 valence electrons. The topological polar surface area (TPSA) is 69.0 Å². The van der Waals surface area contributed by atoms with E-state index in [1.807, 2.05) is 0 Å². The van der Waals surface area contributed by atoms with Crippen molar-refractivity contribution in [1.82, 2.24) is 14.8 Å². The van der Waals surface area contributed by atoms with Crippen LogP contribution in [0.4, 0.5) is 18.9 Å². The number of methoxy groups -OCH3 is 1. The maximum atomic E-state index is 12.7. The summed E-state index contributed by atoms with van der Waals surface area (Å²) in [5.74, 6) is 0.374. The average Bonchev–Trinajstić information content (AvgIpc) is 2.96. The number of carbonyl (C=O) groups excluding carboxylic acids is 1. The second-order valence-corrected chi connectivity index (χ2v) is 6.97. The summed E-state index contributed by atoms with van der Waals surface area (Å²) >= 11 is 5.98. The number of anilines is 1. The number of alkyl halides is 3. The Labute approximate surface area is 175 Å². The Kier molecular flexibility index (Phi) is 6.02. The number of rotatable bonds is 5. The van der Waals surface area contributed by atoms with Crippen LogP contribution in [0.3, 0.4) is 0 Å². The lowest BCUT2D eigenvalue weighted by Crippen LogP contribution is -2.16. The minimum atomic E-state index is -4.47. The summed E-state index contributed by atoms with van der Waals surface area (Å²) in [5.41, 5.74) is 1.41. The van der Waals surface area contributed by atoms with E-state index in [0.29, 0.717) is 33.4 Å². The first kappa shape index (κ1) is 21.6. The van der Waals surface area contributed by atoms with Gasteiger partial charge in [0.25, 0.3) is 0 Å². The third kappa shape index (κ3) is 4.56. The summed E-state index contributed by atoms with van der Waals surface area (Å²) in [6.45, 7) is 3.44. The van der Waals surface area contributed by atoms with E-state index in [1.54, 1.807) is 32.0 Å². The lowest BCUT2D eigenvalue weighted by molar-refractivity contribution is -0.137. The van der Waals surface area contributed by atoms with Gasteiger partial charge in [-0.15, -0.1) is 0 Å². The smallest absolute Gasteiger partial charge is 0.417 e. The fraction of sp³-hybridized carbons (Fsp3) is 0.250. The molecule has 0 saturated carbocycles. The molecular weight excluding hydrogens is 421 g/mol. The normalized spacial score (nSPS) is 11.4. The molecule has 0 spiro atoms. The monoisotopic (exact) mass is 438 g/mol. The van der Waals surface area contributed by atoms with E-state index < -0.39 is 11.7 Å². The second-order valence-electron chi connectivity index (χ2n) is 6.53. The Bertz CT molecular complexity index is 1080. The number of nitrogens with one attached hydrogen (secondary N) is 1. The molecule has 0 saturated heterocycles. The van der Waals surface area contributed by atoms with Crippen molar-refractivity contribution in [2.75, 3.05) is 12.4 Å². The fourth-order valence-corrected chi connectivity index (χ4v) is 3.14. The van der Waals surface area contributed by atoms with Crippen LogP contribution in [-0.2, 0) is 17.4 Å². The molecule has 0 aliphatic rings. The van der Waals surface area contributed by atoms with Crippen LogP contribution in [0.1, 0.15) is 22.5 Å². The highest BCUT2D eigenvalue weighted by molar-refractivity contribution is 6.31. The minimum Gasteiger partial charge on any atom is -0.495 e. The van der Waals surface area contributed by atoms with Crippen LogP contribution in [0.15, 0.2) is 36.5 Å². The summed E-state index contributed by atoms with van der Waals surface area (Å²) in [4.78, 5) is 16.4. The summed E-state index contributed by atoms with van der Waals surface area (Å²) < 4.78 is 44.9. The number of hydrogen-bond donors (Lipinski definition) is 1. The lowest BCUT2D eigenvalue weighted by Gasteiger charge is -2.11. The SMILES string of the molecule is COc1ccc(Cl)cc1NC(=O)Cc1c(C)nn(-c2ccc(C(F)(F)F)cn2)c1C. The van der Waals surface area contributed by atoms with Gasteiger partial charge in [0, 0.05) is 22.5 Å². The number of halogens is 4. The van der Waals surface area contributed by atoms with Crippen molar-refractivity contribution in [3.63, 3.8) is 0 Å². The molecule has 0 bridgehead atoms. The highest BCUT2D eigenvalue weighted by Crippen LogP contribution is 2.30. The van der Waals surface area contributed by atoms with Crippen LogP contribution in [-0.4, -0.2) is 27.8 Å². The van der Waals surface area contributed by atoms with Gasteiger partial charge in [-0.05, 0) is 44.2 Å². The van der Waals surface area contributed by atoms with Gasteiger partial charge in [-0.3, -0.25) is 4.79 Å². The first-order valence-electron chi connectivity index (χ1n) is 8.82. The summed E-state index contributed by atoms with van der Waals surface area (Å²) in [6, 6.07) is 7.04. The molecule has 0 unspecified atom stereocenters. The number of aromatic nitrogens is 3. The first-order chi connectivity index (χ1) is 14.1. The van der Waals surface area contributed by atoms with Gasteiger partial charge in [-0.25, -0.2) is 9.67 Å². The zero-order valence-corrected chi connectivity index (χ0v) is 17.1. The van der Waals surface area contributed by atoms with Gasteiger partial charge in [0.15, 0.2) is 5.82 Å². The van der Waals surface area contributed by atoms with Crippen LogP contribution in [0.5, 0.6) is 5.75 Å². The molecule has 0 radical (unpaired) electrons.